The van der Waals surface area contributed by atoms with Gasteiger partial charge in [-0.1, -0.05) is 46.0 Å². The van der Waals surface area contributed by atoms with E-state index in [0.29, 0.717) is 0 Å². The third kappa shape index (κ3) is 1.78. The molecule has 0 saturated heterocycles. The largest absolute Gasteiger partial charge is 0.0651 e. The van der Waals surface area contributed by atoms with E-state index >= 15 is 0 Å². The van der Waals surface area contributed by atoms with Crippen molar-refractivity contribution in [1.29, 1.82) is 0 Å². The van der Waals surface area contributed by atoms with Crippen molar-refractivity contribution in [3.63, 3.8) is 0 Å². The molecule has 2 aliphatic carbocycles. The second-order valence-corrected chi connectivity index (χ2v) is 5.34. The van der Waals surface area contributed by atoms with Gasteiger partial charge in [0.1, 0.15) is 0 Å². The number of hydrogen-bond acceptors (Lipinski definition) is 0. The first-order valence-electron chi connectivity index (χ1n) is 6.33. The fraction of sp³-hybridized carbons (Fsp3) is 1.00. The van der Waals surface area contributed by atoms with Crippen LogP contribution in [0.3, 0.4) is 0 Å². The lowest BCUT2D eigenvalue weighted by molar-refractivity contribution is 0.128. The molecule has 76 valence electrons. The van der Waals surface area contributed by atoms with E-state index in [0.717, 1.165) is 23.7 Å². The molecule has 2 fully saturated rings. The van der Waals surface area contributed by atoms with E-state index in [-0.39, 0.29) is 0 Å². The van der Waals surface area contributed by atoms with E-state index in [9.17, 15) is 0 Å². The van der Waals surface area contributed by atoms with Crippen LogP contribution in [0.4, 0.5) is 0 Å². The van der Waals surface area contributed by atoms with Crippen molar-refractivity contribution >= 4 is 0 Å². The van der Waals surface area contributed by atoms with Gasteiger partial charge >= 0.3 is 0 Å². The van der Waals surface area contributed by atoms with Gasteiger partial charge in [0.15, 0.2) is 0 Å². The molecule has 0 bridgehead atoms. The van der Waals surface area contributed by atoms with Gasteiger partial charge in [-0.3, -0.25) is 0 Å². The summed E-state index contributed by atoms with van der Waals surface area (Å²) >= 11 is 0. The molecule has 4 unspecified atom stereocenters. The van der Waals surface area contributed by atoms with Gasteiger partial charge in [-0.25, -0.2) is 0 Å². The molecule has 0 aromatic carbocycles. The topological polar surface area (TPSA) is 0 Å². The minimum Gasteiger partial charge on any atom is -0.0651 e. The predicted molar refractivity (Wildman–Crippen MR) is 57.6 cm³/mol. The second-order valence-electron chi connectivity index (χ2n) is 5.34. The zero-order valence-corrected chi connectivity index (χ0v) is 9.26. The smallest absolute Gasteiger partial charge is 0.0355 e. The summed E-state index contributed by atoms with van der Waals surface area (Å²) in [6, 6.07) is 0. The second kappa shape index (κ2) is 4.02. The van der Waals surface area contributed by atoms with Crippen LogP contribution in [0.2, 0.25) is 0 Å². The Hall–Kier alpha value is 0. The van der Waals surface area contributed by atoms with Crippen LogP contribution in [0, 0.1) is 23.7 Å². The van der Waals surface area contributed by atoms with Gasteiger partial charge in [0.2, 0.25) is 0 Å². The van der Waals surface area contributed by atoms with Crippen molar-refractivity contribution < 1.29 is 0 Å². The highest BCUT2D eigenvalue weighted by atomic mass is 14.4. The maximum absolute atomic E-state index is 2.48. The Balaban J connectivity index is 2.01. The van der Waals surface area contributed by atoms with Crippen molar-refractivity contribution in [2.75, 3.05) is 0 Å². The van der Waals surface area contributed by atoms with Crippen LogP contribution in [0.5, 0.6) is 0 Å². The monoisotopic (exact) mass is 180 g/mol. The van der Waals surface area contributed by atoms with E-state index in [4.69, 9.17) is 0 Å². The normalized spacial score (nSPS) is 41.5. The van der Waals surface area contributed by atoms with Gasteiger partial charge in [0, 0.05) is 0 Å². The summed E-state index contributed by atoms with van der Waals surface area (Å²) in [6.45, 7) is 4.84. The van der Waals surface area contributed by atoms with Gasteiger partial charge in [-0.05, 0) is 36.5 Å². The zero-order valence-electron chi connectivity index (χ0n) is 9.26. The molecule has 0 heteroatoms. The highest BCUT2D eigenvalue weighted by Gasteiger charge is 2.37. The molecule has 0 N–H and O–H groups in total. The van der Waals surface area contributed by atoms with Crippen LogP contribution in [-0.4, -0.2) is 0 Å². The third-order valence-electron chi connectivity index (χ3n) is 4.76. The summed E-state index contributed by atoms with van der Waals surface area (Å²) < 4.78 is 0. The van der Waals surface area contributed by atoms with Gasteiger partial charge in [0.05, 0.1) is 0 Å². The van der Waals surface area contributed by atoms with Crippen LogP contribution in [-0.2, 0) is 0 Å². The summed E-state index contributed by atoms with van der Waals surface area (Å²) in [4.78, 5) is 0. The van der Waals surface area contributed by atoms with Gasteiger partial charge < -0.3 is 0 Å². The lowest BCUT2D eigenvalue weighted by Crippen LogP contribution is -2.28. The Kier molecular flexibility index (Phi) is 2.96. The zero-order chi connectivity index (χ0) is 9.26. The highest BCUT2D eigenvalue weighted by molar-refractivity contribution is 4.88. The van der Waals surface area contributed by atoms with Crippen LogP contribution >= 0.6 is 0 Å². The summed E-state index contributed by atoms with van der Waals surface area (Å²) in [6.07, 6.45) is 10.7. The van der Waals surface area contributed by atoms with Crippen molar-refractivity contribution in [2.45, 2.75) is 58.8 Å². The van der Waals surface area contributed by atoms with Crippen LogP contribution in [0.15, 0.2) is 0 Å². The fourth-order valence-corrected chi connectivity index (χ4v) is 3.83. The lowest BCUT2D eigenvalue weighted by Gasteiger charge is -2.37. The van der Waals surface area contributed by atoms with Crippen molar-refractivity contribution in [2.24, 2.45) is 23.7 Å². The van der Waals surface area contributed by atoms with Gasteiger partial charge in [-0.2, -0.15) is 0 Å². The Morgan fingerprint density at radius 1 is 1.08 bits per heavy atom. The summed E-state index contributed by atoms with van der Waals surface area (Å²) in [5.74, 6) is 4.34. The van der Waals surface area contributed by atoms with Crippen LogP contribution in [0.1, 0.15) is 58.8 Å². The van der Waals surface area contributed by atoms with E-state index in [1.807, 2.05) is 0 Å². The highest BCUT2D eigenvalue weighted by Crippen LogP contribution is 2.48. The molecule has 4 atom stereocenters. The molecule has 2 aliphatic rings. The van der Waals surface area contributed by atoms with Gasteiger partial charge in [0.25, 0.3) is 0 Å². The first kappa shape index (κ1) is 9.55. The first-order chi connectivity index (χ1) is 6.33. The fourth-order valence-electron chi connectivity index (χ4n) is 3.83. The standard InChI is InChI=1S/C13H24/c1-3-10(2)12-8-4-6-11-7-5-9-13(11)12/h10-13H,3-9H2,1-2H3. The summed E-state index contributed by atoms with van der Waals surface area (Å²) in [7, 11) is 0. The molecule has 2 saturated carbocycles. The Morgan fingerprint density at radius 3 is 2.46 bits per heavy atom. The number of fused-ring (bicyclic) bond motifs is 1. The molecule has 0 aliphatic heterocycles. The SMILES string of the molecule is CCC(C)C1CCCC2CCCC21. The van der Waals surface area contributed by atoms with E-state index in [2.05, 4.69) is 13.8 Å². The molecule has 0 radical (unpaired) electrons. The molecule has 0 spiro atoms. The minimum atomic E-state index is 0.992. The molecule has 0 aromatic rings. The molecular weight excluding hydrogens is 156 g/mol. The third-order valence-corrected chi connectivity index (χ3v) is 4.76. The van der Waals surface area contributed by atoms with E-state index in [1.54, 1.807) is 19.3 Å². The lowest BCUT2D eigenvalue weighted by atomic mass is 9.68. The van der Waals surface area contributed by atoms with E-state index in [1.165, 1.54) is 25.7 Å². The van der Waals surface area contributed by atoms with Crippen molar-refractivity contribution in [3.05, 3.63) is 0 Å². The minimum absolute atomic E-state index is 0.992. The molecule has 0 heterocycles. The summed E-state index contributed by atoms with van der Waals surface area (Å²) in [5.41, 5.74) is 0. The number of hydrogen-bond donors (Lipinski definition) is 0. The quantitative estimate of drug-likeness (QED) is 0.596. The molecule has 0 nitrogen and oxygen atoms in total. The average Bonchev–Trinajstić information content (AvgIpc) is 2.63. The van der Waals surface area contributed by atoms with Gasteiger partial charge in [-0.15, -0.1) is 0 Å². The molecule has 0 aromatic heterocycles. The van der Waals surface area contributed by atoms with Crippen molar-refractivity contribution in [1.82, 2.24) is 0 Å². The Morgan fingerprint density at radius 2 is 1.77 bits per heavy atom. The average molecular weight is 180 g/mol. The molecule has 13 heavy (non-hydrogen) atoms. The van der Waals surface area contributed by atoms with Crippen molar-refractivity contribution in [3.8, 4) is 0 Å². The Bertz CT molecular complexity index is 161. The Labute approximate surface area is 83.1 Å². The summed E-state index contributed by atoms with van der Waals surface area (Å²) in [5, 5.41) is 0. The molecule has 0 amide bonds. The van der Waals surface area contributed by atoms with Crippen LogP contribution < -0.4 is 0 Å². The maximum Gasteiger partial charge on any atom is -0.0355 e. The number of rotatable bonds is 2. The molecular formula is C13H24. The predicted octanol–water partition coefficient (Wildman–Crippen LogP) is 4.25. The van der Waals surface area contributed by atoms with Crippen LogP contribution in [0.25, 0.3) is 0 Å². The maximum atomic E-state index is 2.48. The van der Waals surface area contributed by atoms with E-state index < -0.39 is 0 Å². The molecule has 2 rings (SSSR count). The first-order valence-corrected chi connectivity index (χ1v) is 6.33.